The Hall–Kier alpha value is -4.11. The highest BCUT2D eigenvalue weighted by atomic mass is 16.2. The summed E-state index contributed by atoms with van der Waals surface area (Å²) in [7, 11) is 0. The van der Waals surface area contributed by atoms with Crippen molar-refractivity contribution in [1.82, 2.24) is 19.9 Å². The molecule has 30 heavy (non-hydrogen) atoms. The molecule has 0 bridgehead atoms. The smallest absolute Gasteiger partial charge is 0.256 e. The highest BCUT2D eigenvalue weighted by Gasteiger charge is 2.27. The van der Waals surface area contributed by atoms with Crippen molar-refractivity contribution in [2.45, 2.75) is 12.0 Å². The first-order chi connectivity index (χ1) is 14.5. The number of primary amides is 1. The summed E-state index contributed by atoms with van der Waals surface area (Å²) < 4.78 is 0. The van der Waals surface area contributed by atoms with Crippen molar-refractivity contribution in [2.75, 3.05) is 5.32 Å². The van der Waals surface area contributed by atoms with Gasteiger partial charge in [0.05, 0.1) is 12.2 Å². The Bertz CT molecular complexity index is 1190. The van der Waals surface area contributed by atoms with Gasteiger partial charge in [0, 0.05) is 11.6 Å². The molecule has 0 spiro atoms. The van der Waals surface area contributed by atoms with Gasteiger partial charge in [-0.1, -0.05) is 42.5 Å². The van der Waals surface area contributed by atoms with Crippen LogP contribution in [0.2, 0.25) is 0 Å². The molecule has 2 atom stereocenters. The molecule has 4 rings (SSSR count). The maximum Gasteiger partial charge on any atom is 0.256 e. The Kier molecular flexibility index (Phi) is 5.19. The van der Waals surface area contributed by atoms with Crippen LogP contribution in [0.4, 0.5) is 5.82 Å². The number of imidazole rings is 1. The van der Waals surface area contributed by atoms with Crippen LogP contribution in [0.1, 0.15) is 33.4 Å². The lowest BCUT2D eigenvalue weighted by molar-refractivity contribution is -0.119. The molecule has 4 aromatic rings. The van der Waals surface area contributed by atoms with E-state index in [-0.39, 0.29) is 5.91 Å². The van der Waals surface area contributed by atoms with E-state index in [1.807, 2.05) is 30.3 Å². The molecular formula is C21H19N7O2. The van der Waals surface area contributed by atoms with E-state index in [4.69, 9.17) is 11.5 Å². The zero-order valence-corrected chi connectivity index (χ0v) is 15.8. The molecule has 2 amide bonds. The van der Waals surface area contributed by atoms with E-state index in [1.165, 1.54) is 12.7 Å². The number of benzene rings is 2. The molecule has 2 unspecified atom stereocenters. The number of nitrogens with zero attached hydrogens (tertiary/aromatic N) is 3. The van der Waals surface area contributed by atoms with Gasteiger partial charge in [0.15, 0.2) is 11.5 Å². The van der Waals surface area contributed by atoms with Crippen LogP contribution in [0.15, 0.2) is 67.3 Å². The number of H-pyrrole nitrogens is 1. The van der Waals surface area contributed by atoms with Gasteiger partial charge in [0.25, 0.3) is 5.91 Å². The predicted octanol–water partition coefficient (Wildman–Crippen LogP) is 1.87. The fraction of sp³-hybridized carbons (Fsp3) is 0.0952. The first-order valence-electron chi connectivity index (χ1n) is 9.20. The number of hydrogen-bond acceptors (Lipinski definition) is 6. The van der Waals surface area contributed by atoms with Crippen LogP contribution in [0.5, 0.6) is 0 Å². The number of aromatic amines is 1. The van der Waals surface area contributed by atoms with Crippen LogP contribution < -0.4 is 16.8 Å². The van der Waals surface area contributed by atoms with E-state index < -0.39 is 17.9 Å². The molecule has 150 valence electrons. The monoisotopic (exact) mass is 401 g/mol. The maximum atomic E-state index is 12.6. The van der Waals surface area contributed by atoms with Crippen LogP contribution in [0.25, 0.3) is 11.2 Å². The summed E-state index contributed by atoms with van der Waals surface area (Å²) in [6.07, 6.45) is 2.80. The first kappa shape index (κ1) is 19.2. The van der Waals surface area contributed by atoms with Gasteiger partial charge in [-0.25, -0.2) is 15.0 Å². The van der Waals surface area contributed by atoms with Crippen LogP contribution in [0, 0.1) is 0 Å². The van der Waals surface area contributed by atoms with Gasteiger partial charge >= 0.3 is 0 Å². The SMILES string of the molecule is NC(=O)C(c1ccc(C(=O)Nc2ncnc3nc[nH]c23)cc1)C(N)c1ccccc1. The highest BCUT2D eigenvalue weighted by molar-refractivity contribution is 6.06. The van der Waals surface area contributed by atoms with Crippen LogP contribution in [0.3, 0.4) is 0 Å². The number of hydrogen-bond donors (Lipinski definition) is 4. The van der Waals surface area contributed by atoms with E-state index >= 15 is 0 Å². The van der Waals surface area contributed by atoms with Gasteiger partial charge < -0.3 is 21.8 Å². The largest absolute Gasteiger partial charge is 0.369 e. The Morgan fingerprint density at radius 2 is 1.67 bits per heavy atom. The molecule has 2 aromatic carbocycles. The minimum atomic E-state index is -0.726. The standard InChI is InChI=1S/C21H19N7O2/c22-16(13-4-2-1-3-5-13)15(18(23)29)12-6-8-14(9-7-12)21(30)28-20-17-19(25-10-24-17)26-11-27-20/h1-11,15-16H,22H2,(H2,23,29)(H2,24,25,26,27,28,30). The molecular weight excluding hydrogens is 382 g/mol. The number of carbonyl (C=O) groups is 2. The molecule has 0 fully saturated rings. The Morgan fingerprint density at radius 3 is 2.37 bits per heavy atom. The molecule has 0 saturated heterocycles. The quantitative estimate of drug-likeness (QED) is 0.387. The van der Waals surface area contributed by atoms with Gasteiger partial charge in [-0.05, 0) is 23.3 Å². The van der Waals surface area contributed by atoms with Gasteiger partial charge in [-0.2, -0.15) is 0 Å². The van der Waals surface area contributed by atoms with Crippen molar-refractivity contribution >= 4 is 28.8 Å². The lowest BCUT2D eigenvalue weighted by Gasteiger charge is -2.22. The number of rotatable bonds is 6. The maximum absolute atomic E-state index is 12.6. The van der Waals surface area contributed by atoms with E-state index in [0.717, 1.165) is 5.56 Å². The van der Waals surface area contributed by atoms with Crippen LogP contribution >= 0.6 is 0 Å². The second kappa shape index (κ2) is 8.10. The number of anilines is 1. The predicted molar refractivity (Wildman–Crippen MR) is 111 cm³/mol. The molecule has 2 aromatic heterocycles. The molecule has 6 N–H and O–H groups in total. The molecule has 0 aliphatic rings. The Morgan fingerprint density at radius 1 is 0.933 bits per heavy atom. The van der Waals surface area contributed by atoms with Crippen LogP contribution in [-0.2, 0) is 4.79 Å². The van der Waals surface area contributed by atoms with Gasteiger partial charge in [-0.3, -0.25) is 9.59 Å². The third-order valence-electron chi connectivity index (χ3n) is 4.84. The summed E-state index contributed by atoms with van der Waals surface area (Å²) >= 11 is 0. The summed E-state index contributed by atoms with van der Waals surface area (Å²) in [5.41, 5.74) is 14.7. The van der Waals surface area contributed by atoms with Crippen molar-refractivity contribution < 1.29 is 9.59 Å². The summed E-state index contributed by atoms with van der Waals surface area (Å²) in [6.45, 7) is 0. The van der Waals surface area contributed by atoms with E-state index in [9.17, 15) is 9.59 Å². The topological polar surface area (TPSA) is 153 Å². The number of aromatic nitrogens is 4. The summed E-state index contributed by atoms with van der Waals surface area (Å²) in [5, 5.41) is 2.73. The average Bonchev–Trinajstić information content (AvgIpc) is 3.24. The number of fused-ring (bicyclic) bond motifs is 1. The van der Waals surface area contributed by atoms with E-state index in [0.29, 0.717) is 28.1 Å². The molecule has 9 nitrogen and oxygen atoms in total. The number of amides is 2. The highest BCUT2D eigenvalue weighted by Crippen LogP contribution is 2.29. The number of nitrogens with one attached hydrogen (secondary N) is 2. The third kappa shape index (κ3) is 3.74. The lowest BCUT2D eigenvalue weighted by Crippen LogP contribution is -2.31. The first-order valence-corrected chi connectivity index (χ1v) is 9.20. The normalized spacial score (nSPS) is 13.0. The average molecular weight is 401 g/mol. The molecule has 2 heterocycles. The third-order valence-corrected chi connectivity index (χ3v) is 4.84. The zero-order valence-electron chi connectivity index (χ0n) is 15.8. The van der Waals surface area contributed by atoms with Crippen molar-refractivity contribution in [2.24, 2.45) is 11.5 Å². The second-order valence-corrected chi connectivity index (χ2v) is 6.72. The van der Waals surface area contributed by atoms with E-state index in [1.54, 1.807) is 24.3 Å². The van der Waals surface area contributed by atoms with Crippen molar-refractivity contribution in [1.29, 1.82) is 0 Å². The van der Waals surface area contributed by atoms with Crippen molar-refractivity contribution in [3.63, 3.8) is 0 Å². The summed E-state index contributed by atoms with van der Waals surface area (Å²) in [5.74, 6) is -1.30. The molecule has 0 radical (unpaired) electrons. The summed E-state index contributed by atoms with van der Waals surface area (Å²) in [4.78, 5) is 39.8. The van der Waals surface area contributed by atoms with Gasteiger partial charge in [0.2, 0.25) is 5.91 Å². The minimum Gasteiger partial charge on any atom is -0.369 e. The van der Waals surface area contributed by atoms with E-state index in [2.05, 4.69) is 25.3 Å². The minimum absolute atomic E-state index is 0.327. The van der Waals surface area contributed by atoms with Gasteiger partial charge in [-0.15, -0.1) is 0 Å². The van der Waals surface area contributed by atoms with Crippen molar-refractivity contribution in [3.05, 3.63) is 83.9 Å². The molecule has 0 saturated carbocycles. The zero-order chi connectivity index (χ0) is 21.1. The van der Waals surface area contributed by atoms with Crippen LogP contribution in [-0.4, -0.2) is 31.8 Å². The molecule has 9 heteroatoms. The lowest BCUT2D eigenvalue weighted by atomic mass is 9.86. The molecule has 0 aliphatic heterocycles. The summed E-state index contributed by atoms with van der Waals surface area (Å²) in [6, 6.07) is 15.3. The number of carbonyl (C=O) groups excluding carboxylic acids is 2. The fourth-order valence-corrected chi connectivity index (χ4v) is 3.30. The Labute approximate surface area is 171 Å². The Balaban J connectivity index is 1.56. The molecule has 0 aliphatic carbocycles. The fourth-order valence-electron chi connectivity index (χ4n) is 3.30. The van der Waals surface area contributed by atoms with Gasteiger partial charge in [0.1, 0.15) is 11.8 Å². The number of nitrogens with two attached hydrogens (primary N) is 2. The second-order valence-electron chi connectivity index (χ2n) is 6.72. The van der Waals surface area contributed by atoms with Crippen molar-refractivity contribution in [3.8, 4) is 0 Å².